The van der Waals surface area contributed by atoms with Crippen LogP contribution in [0.4, 0.5) is 0 Å². The summed E-state index contributed by atoms with van der Waals surface area (Å²) in [6.07, 6.45) is 29.0. The van der Waals surface area contributed by atoms with Crippen LogP contribution < -0.4 is 0 Å². The fourth-order valence-electron chi connectivity index (χ4n) is 17.5. The van der Waals surface area contributed by atoms with E-state index in [0.717, 1.165) is 81.2 Å². The molecule has 0 aromatic rings. The molecule has 0 spiro atoms. The Hall–Kier alpha value is 10.5. The molecule has 0 nitrogen and oxygen atoms in total. The minimum absolute atomic E-state index is 0.409. The number of hydrogen-bond donors (Lipinski definition) is 10. The Labute approximate surface area is 815 Å². The Balaban J connectivity index is 0.000000289. The standard InChI is InChI=1S/2C18H34S6.C15H28S6.C15H30S6.C13H26S6/c1-16(2)15-4-5-17(16,3)18(14-15,23-12-10-21-8-6-19)24-13-11-22-9-7-20;1-16(2)15-4-5-17(3,14-15)18(16,23-12-10-21-8-6-19)24-13-11-22-9-7-20;16-3-5-18-7-9-20-15(21-10-8-19-6-4-17)12-13-1-2-14(15)11-13;16-7-9-18-11-13-20-15(5-3-1-2-4-6-15)21-14-12-19-10-8-17;14-5-7-16-9-11-18-13(3-1-2-4-13)19-12-10-17-8-6-15/h2*15,19-20H,4-14H2,1-3H3;13-14,16-17H,1-12H2;16-17H,1-14H2;14-15H,1-12H2. The lowest BCUT2D eigenvalue weighted by atomic mass is 9.70. The van der Waals surface area contributed by atoms with Gasteiger partial charge in [0.2, 0.25) is 0 Å². The molecule has 109 heavy (non-hydrogen) atoms. The number of thiol groups is 10. The summed E-state index contributed by atoms with van der Waals surface area (Å²) in [5.74, 6) is 52.0. The molecule has 648 valence electrons. The van der Waals surface area contributed by atoms with Gasteiger partial charge in [0, 0.05) is 173 Å². The molecule has 8 aliphatic rings. The van der Waals surface area contributed by atoms with E-state index in [1.807, 2.05) is 0 Å². The van der Waals surface area contributed by atoms with E-state index in [2.05, 4.69) is 403 Å². The molecule has 6 atom stereocenters. The maximum absolute atomic E-state index is 4.34. The Morgan fingerprint density at radius 2 is 0.541 bits per heavy atom. The van der Waals surface area contributed by atoms with E-state index >= 15 is 0 Å². The largest absolute Gasteiger partial charge is 0.179 e. The van der Waals surface area contributed by atoms with Gasteiger partial charge in [0.05, 0.1) is 20.4 Å². The van der Waals surface area contributed by atoms with Crippen molar-refractivity contribution >= 4 is 362 Å². The highest BCUT2D eigenvalue weighted by atomic mass is 32.2. The first-order chi connectivity index (χ1) is 52.8. The van der Waals surface area contributed by atoms with Crippen molar-refractivity contribution in [3.8, 4) is 0 Å². The predicted octanol–water partition coefficient (Wildman–Crippen LogP) is 28.8. The quantitative estimate of drug-likeness (QED) is 0.0122. The molecule has 8 rings (SSSR count). The molecule has 0 aliphatic heterocycles. The summed E-state index contributed by atoms with van der Waals surface area (Å²) >= 11 is 86.5. The Morgan fingerprint density at radius 3 is 0.807 bits per heavy atom. The SMILES string of the molecule is CC1(C)C2CCC1(C)C(SCCSCCS)(SCCSCCS)C2.CC12CCC(C1)C(C)(C)C2(SCCSCCS)SCCSCCS.SCCSCCSC1(SCCSCCS)CC2CCC1C2.SCCSCCSC1(SCCSCCS)CCCC1.SCCSCCSC1(SCCSCCS)CCCCCC1. The molecule has 0 aromatic heterocycles. The van der Waals surface area contributed by atoms with E-state index in [-0.39, 0.29) is 0 Å². The summed E-state index contributed by atoms with van der Waals surface area (Å²) in [4.78, 5) is 0. The van der Waals surface area contributed by atoms with E-state index in [4.69, 9.17) is 0 Å². The maximum atomic E-state index is 4.34. The fourth-order valence-corrected chi connectivity index (χ4v) is 48.4. The zero-order chi connectivity index (χ0) is 79.4. The van der Waals surface area contributed by atoms with Crippen LogP contribution in [0.15, 0.2) is 0 Å². The lowest BCUT2D eigenvalue weighted by Crippen LogP contribution is -2.49. The zero-order valence-corrected chi connectivity index (χ0v) is 93.1. The van der Waals surface area contributed by atoms with Crippen LogP contribution in [0.3, 0.4) is 0 Å². The molecule has 0 aromatic carbocycles. The molecule has 8 saturated carbocycles. The average molecular weight is 2060 g/mol. The van der Waals surface area contributed by atoms with Gasteiger partial charge in [0.15, 0.2) is 0 Å². The van der Waals surface area contributed by atoms with Gasteiger partial charge in [-0.1, -0.05) is 86.5 Å². The third-order valence-electron chi connectivity index (χ3n) is 23.2. The first-order valence-corrected chi connectivity index (χ1v) is 68.8. The maximum Gasteiger partial charge on any atom is 0.0718 e. The van der Waals surface area contributed by atoms with E-state index in [1.165, 1.54) is 301 Å². The Bertz CT molecular complexity index is 2080. The molecule has 0 N–H and O–H groups in total. The predicted molar refractivity (Wildman–Crippen MR) is 600 cm³/mol. The second-order valence-electron chi connectivity index (χ2n) is 30.8. The highest BCUT2D eigenvalue weighted by Crippen LogP contribution is 2.78. The highest BCUT2D eigenvalue weighted by Gasteiger charge is 2.70. The van der Waals surface area contributed by atoms with Gasteiger partial charge in [-0.3, -0.25) is 0 Å². The summed E-state index contributed by atoms with van der Waals surface area (Å²) in [6.45, 7) is 15.5. The summed E-state index contributed by atoms with van der Waals surface area (Å²) < 4.78 is 2.52. The third kappa shape index (κ3) is 40.0. The Morgan fingerprint density at radius 1 is 0.248 bits per heavy atom. The molecule has 0 heterocycles. The number of fused-ring (bicyclic) bond motifs is 6. The van der Waals surface area contributed by atoms with Crippen molar-refractivity contribution in [1.29, 1.82) is 0 Å². The van der Waals surface area contributed by atoms with Gasteiger partial charge in [-0.05, 0) is 186 Å². The van der Waals surface area contributed by atoms with Crippen LogP contribution in [-0.4, -0.2) is 251 Å². The van der Waals surface area contributed by atoms with Crippen molar-refractivity contribution in [2.75, 3.05) is 230 Å². The minimum atomic E-state index is 0.409. The molecule has 8 fully saturated rings. The molecular formula is C79H152S30. The average Bonchev–Trinajstić information content (AvgIpc) is 1.54. The first kappa shape index (κ1) is 112. The van der Waals surface area contributed by atoms with Crippen molar-refractivity contribution in [2.24, 2.45) is 45.3 Å². The van der Waals surface area contributed by atoms with Crippen molar-refractivity contribution in [1.82, 2.24) is 0 Å². The first-order valence-electron chi connectivity index (χ1n) is 41.1. The zero-order valence-electron chi connectivity index (χ0n) is 67.9. The van der Waals surface area contributed by atoms with Gasteiger partial charge in [-0.15, -0.1) is 118 Å². The molecule has 8 aliphatic carbocycles. The normalized spacial score (nSPS) is 25.1. The molecular weight excluding hydrogens is 1910 g/mol. The lowest BCUT2D eigenvalue weighted by molar-refractivity contribution is 0.149. The van der Waals surface area contributed by atoms with Crippen LogP contribution >= 0.6 is 362 Å². The molecule has 0 saturated heterocycles. The van der Waals surface area contributed by atoms with Gasteiger partial charge >= 0.3 is 0 Å². The van der Waals surface area contributed by atoms with Crippen molar-refractivity contribution in [2.45, 2.75) is 190 Å². The number of thioether (sulfide) groups is 20. The van der Waals surface area contributed by atoms with Gasteiger partial charge in [-0.25, -0.2) is 0 Å². The van der Waals surface area contributed by atoms with Gasteiger partial charge in [0.25, 0.3) is 0 Å². The monoisotopic (exact) mass is 2060 g/mol. The van der Waals surface area contributed by atoms with Crippen LogP contribution in [0.2, 0.25) is 0 Å². The second-order valence-corrected chi connectivity index (χ2v) is 62.9. The summed E-state index contributed by atoms with van der Waals surface area (Å²) in [5, 5.41) is 0. The molecule has 6 unspecified atom stereocenters. The van der Waals surface area contributed by atoms with Crippen LogP contribution in [0.5, 0.6) is 0 Å². The van der Waals surface area contributed by atoms with E-state index in [0.29, 0.717) is 42.1 Å². The summed E-state index contributed by atoms with van der Waals surface area (Å²) in [6, 6.07) is 0. The summed E-state index contributed by atoms with van der Waals surface area (Å²) in [7, 11) is 0. The number of hydrogen-bond acceptors (Lipinski definition) is 30. The molecule has 0 radical (unpaired) electrons. The van der Waals surface area contributed by atoms with Crippen molar-refractivity contribution < 1.29 is 0 Å². The smallest absolute Gasteiger partial charge is 0.0718 e. The van der Waals surface area contributed by atoms with Crippen LogP contribution in [0.25, 0.3) is 0 Å². The fraction of sp³-hybridized carbons (Fsp3) is 1.00. The van der Waals surface area contributed by atoms with Gasteiger partial charge in [-0.2, -0.15) is 244 Å². The molecule has 6 bridgehead atoms. The second kappa shape index (κ2) is 66.8. The Kier molecular flexibility index (Phi) is 68.5. The van der Waals surface area contributed by atoms with E-state index < -0.39 is 0 Å². The topological polar surface area (TPSA) is 0 Å². The summed E-state index contributed by atoms with van der Waals surface area (Å²) in [5.41, 5.74) is 1.97. The van der Waals surface area contributed by atoms with E-state index in [9.17, 15) is 0 Å². The highest BCUT2D eigenvalue weighted by molar-refractivity contribution is 8.21. The van der Waals surface area contributed by atoms with Crippen LogP contribution in [-0.2, 0) is 0 Å². The van der Waals surface area contributed by atoms with Crippen molar-refractivity contribution in [3.05, 3.63) is 0 Å². The van der Waals surface area contributed by atoms with E-state index in [1.54, 1.807) is 0 Å². The van der Waals surface area contributed by atoms with Gasteiger partial charge < -0.3 is 0 Å². The molecule has 0 amide bonds. The van der Waals surface area contributed by atoms with Crippen LogP contribution in [0, 0.1) is 45.3 Å². The van der Waals surface area contributed by atoms with Gasteiger partial charge in [0.1, 0.15) is 0 Å². The number of rotatable bonds is 60. The van der Waals surface area contributed by atoms with Crippen molar-refractivity contribution in [3.63, 3.8) is 0 Å². The third-order valence-corrected chi connectivity index (χ3v) is 59.3. The minimum Gasteiger partial charge on any atom is -0.179 e. The molecule has 30 heteroatoms. The van der Waals surface area contributed by atoms with Crippen LogP contribution in [0.1, 0.15) is 170 Å². The lowest BCUT2D eigenvalue weighted by Gasteiger charge is -2.53.